The Hall–Kier alpha value is -0.980. The molecule has 0 aromatic carbocycles. The topological polar surface area (TPSA) is 34.0 Å². The van der Waals surface area contributed by atoms with Crippen molar-refractivity contribution >= 4 is 24.6 Å². The first-order chi connectivity index (χ1) is 7.99. The maximum absolute atomic E-state index is 12.7. The largest absolute Gasteiger partial charge is 0.474 e. The molecule has 0 unspecified atom stereocenters. The fraction of sp³-hybridized carbons (Fsp3) is 0.600. The molecule has 0 aliphatic heterocycles. The van der Waals surface area contributed by atoms with E-state index in [0.717, 1.165) is 31.2 Å². The van der Waals surface area contributed by atoms with Gasteiger partial charge in [-0.05, 0) is 37.9 Å². The summed E-state index contributed by atoms with van der Waals surface area (Å²) in [5, 5.41) is 0. The first-order valence-electron chi connectivity index (χ1n) is 5.00. The summed E-state index contributed by atoms with van der Waals surface area (Å²) in [4.78, 5) is 3.15. The van der Waals surface area contributed by atoms with Crippen LogP contribution in [0.1, 0.15) is 19.3 Å². The molecule has 0 aromatic heterocycles. The molecule has 0 aromatic rings. The van der Waals surface area contributed by atoms with Gasteiger partial charge >= 0.3 is 6.18 Å². The first-order valence-corrected chi connectivity index (χ1v) is 6.18. The van der Waals surface area contributed by atoms with E-state index < -0.39 is 17.6 Å². The first kappa shape index (κ1) is 14.1. The van der Waals surface area contributed by atoms with Crippen molar-refractivity contribution in [2.45, 2.75) is 31.5 Å². The van der Waals surface area contributed by atoms with Crippen LogP contribution in [-0.4, -0.2) is 31.2 Å². The maximum atomic E-state index is 12.7. The van der Waals surface area contributed by atoms with E-state index in [1.165, 1.54) is 0 Å². The molecule has 0 spiro atoms. The third-order valence-electron chi connectivity index (χ3n) is 2.26. The molecule has 1 fully saturated rings. The number of nitrogens with zero attached hydrogens (tertiary/aromatic N) is 2. The van der Waals surface area contributed by atoms with Crippen LogP contribution in [0.3, 0.4) is 0 Å². The van der Waals surface area contributed by atoms with E-state index in [4.69, 9.17) is 4.74 Å². The van der Waals surface area contributed by atoms with Crippen molar-refractivity contribution in [3.8, 4) is 0 Å². The molecule has 1 aliphatic carbocycles. The van der Waals surface area contributed by atoms with Gasteiger partial charge in [0, 0.05) is 12.5 Å². The monoisotopic (exact) mass is 266 g/mol. The molecule has 0 atom stereocenters. The van der Waals surface area contributed by atoms with Gasteiger partial charge in [0.1, 0.15) is 11.7 Å². The Morgan fingerprint density at radius 2 is 2.12 bits per heavy atom. The molecule has 1 aliphatic rings. The second-order valence-corrected chi connectivity index (χ2v) is 4.02. The Balaban J connectivity index is 2.89. The van der Waals surface area contributed by atoms with Crippen LogP contribution in [0.2, 0.25) is 0 Å². The van der Waals surface area contributed by atoms with E-state index in [-0.39, 0.29) is 6.10 Å². The van der Waals surface area contributed by atoms with Gasteiger partial charge < -0.3 is 4.74 Å². The predicted octanol–water partition coefficient (Wildman–Crippen LogP) is 3.38. The second-order valence-electron chi connectivity index (χ2n) is 3.47. The van der Waals surface area contributed by atoms with E-state index >= 15 is 0 Å². The molecule has 96 valence electrons. The standard InChI is InChI=1S/C10H13F3N2OS/c1-14-6-8(10(11,12)13)9(15-17-2)16-7-4-3-5-7/h6-7H,1,3-5H2,2H3/b8-6+,15-9?. The molecule has 3 nitrogen and oxygen atoms in total. The van der Waals surface area contributed by atoms with E-state index in [9.17, 15) is 13.2 Å². The number of rotatable bonds is 4. The average Bonchev–Trinajstić information content (AvgIpc) is 2.17. The van der Waals surface area contributed by atoms with Crippen LogP contribution >= 0.6 is 11.9 Å². The lowest BCUT2D eigenvalue weighted by molar-refractivity contribution is -0.0888. The van der Waals surface area contributed by atoms with Crippen molar-refractivity contribution in [2.24, 2.45) is 9.39 Å². The molecule has 0 bridgehead atoms. The summed E-state index contributed by atoms with van der Waals surface area (Å²) in [6.45, 7) is 3.03. The summed E-state index contributed by atoms with van der Waals surface area (Å²) in [6.07, 6.45) is -0.00845. The summed E-state index contributed by atoms with van der Waals surface area (Å²) in [5.41, 5.74) is -0.992. The van der Waals surface area contributed by atoms with Crippen molar-refractivity contribution < 1.29 is 17.9 Å². The van der Waals surface area contributed by atoms with Gasteiger partial charge in [0.2, 0.25) is 5.90 Å². The molecule has 0 N–H and O–H groups in total. The van der Waals surface area contributed by atoms with E-state index in [0.29, 0.717) is 6.20 Å². The third-order valence-corrected chi connectivity index (χ3v) is 2.61. The van der Waals surface area contributed by atoms with Crippen LogP contribution in [0.15, 0.2) is 21.2 Å². The smallest absolute Gasteiger partial charge is 0.423 e. The maximum Gasteiger partial charge on any atom is 0.423 e. The highest BCUT2D eigenvalue weighted by molar-refractivity contribution is 7.97. The highest BCUT2D eigenvalue weighted by Gasteiger charge is 2.39. The number of aliphatic imine (C=N–C) groups is 1. The Morgan fingerprint density at radius 3 is 2.47 bits per heavy atom. The van der Waals surface area contributed by atoms with Crippen molar-refractivity contribution in [2.75, 3.05) is 6.26 Å². The lowest BCUT2D eigenvalue weighted by Crippen LogP contribution is -2.30. The van der Waals surface area contributed by atoms with Gasteiger partial charge in [-0.2, -0.15) is 17.6 Å². The minimum atomic E-state index is -4.54. The molecule has 1 saturated carbocycles. The van der Waals surface area contributed by atoms with Crippen LogP contribution in [0.25, 0.3) is 0 Å². The molecule has 0 saturated heterocycles. The van der Waals surface area contributed by atoms with Gasteiger partial charge in [-0.1, -0.05) is 0 Å². The molecule has 1 rings (SSSR count). The zero-order valence-corrected chi connectivity index (χ0v) is 10.1. The van der Waals surface area contributed by atoms with Gasteiger partial charge in [-0.3, -0.25) is 4.99 Å². The number of ether oxygens (including phenoxy) is 1. The molecular formula is C10H13F3N2OS. The Kier molecular flexibility index (Phi) is 5.04. The van der Waals surface area contributed by atoms with Gasteiger partial charge in [0.05, 0.1) is 0 Å². The van der Waals surface area contributed by atoms with Crippen LogP contribution in [0.4, 0.5) is 13.2 Å². The molecule has 17 heavy (non-hydrogen) atoms. The predicted molar refractivity (Wildman–Crippen MR) is 63.4 cm³/mol. The minimum Gasteiger partial charge on any atom is -0.474 e. The van der Waals surface area contributed by atoms with Gasteiger partial charge in [-0.15, -0.1) is 0 Å². The lowest BCUT2D eigenvalue weighted by Gasteiger charge is -2.27. The Morgan fingerprint density at radius 1 is 1.47 bits per heavy atom. The number of hydrogen-bond donors (Lipinski definition) is 0. The van der Waals surface area contributed by atoms with E-state index in [1.807, 2.05) is 0 Å². The SMILES string of the molecule is C=N/C=C(\C(=NSC)OC1CCC1)C(F)(F)F. The third kappa shape index (κ3) is 4.07. The molecule has 7 heteroatoms. The second kappa shape index (κ2) is 6.09. The fourth-order valence-corrected chi connectivity index (χ4v) is 1.51. The Labute approximate surface area is 102 Å². The summed E-state index contributed by atoms with van der Waals surface area (Å²) < 4.78 is 47.1. The zero-order valence-electron chi connectivity index (χ0n) is 9.33. The fourth-order valence-electron chi connectivity index (χ4n) is 1.20. The summed E-state index contributed by atoms with van der Waals surface area (Å²) >= 11 is 0.917. The van der Waals surface area contributed by atoms with Crippen LogP contribution in [0, 0.1) is 0 Å². The minimum absolute atomic E-state index is 0.170. The summed E-state index contributed by atoms with van der Waals surface area (Å²) in [6, 6.07) is 0. The van der Waals surface area contributed by atoms with Crippen molar-refractivity contribution in [1.82, 2.24) is 0 Å². The van der Waals surface area contributed by atoms with Crippen LogP contribution < -0.4 is 0 Å². The molecule has 0 amide bonds. The molecule has 0 radical (unpaired) electrons. The number of alkyl halides is 3. The highest BCUT2D eigenvalue weighted by Crippen LogP contribution is 2.31. The summed E-state index contributed by atoms with van der Waals surface area (Å²) in [7, 11) is 0. The molecular weight excluding hydrogens is 253 g/mol. The Bertz CT molecular complexity index is 335. The number of halogens is 3. The van der Waals surface area contributed by atoms with Crippen molar-refractivity contribution in [1.29, 1.82) is 0 Å². The number of hydrogen-bond acceptors (Lipinski definition) is 4. The van der Waals surface area contributed by atoms with E-state index in [1.54, 1.807) is 6.26 Å². The van der Waals surface area contributed by atoms with Crippen molar-refractivity contribution in [3.05, 3.63) is 11.8 Å². The van der Waals surface area contributed by atoms with Gasteiger partial charge in [-0.25, -0.2) is 0 Å². The molecule has 0 heterocycles. The highest BCUT2D eigenvalue weighted by atomic mass is 32.2. The van der Waals surface area contributed by atoms with Crippen molar-refractivity contribution in [3.63, 3.8) is 0 Å². The lowest BCUT2D eigenvalue weighted by atomic mass is 9.96. The van der Waals surface area contributed by atoms with E-state index in [2.05, 4.69) is 16.1 Å². The normalized spacial score (nSPS) is 18.8. The summed E-state index contributed by atoms with van der Waals surface area (Å²) in [5.74, 6) is -0.415. The quantitative estimate of drug-likeness (QED) is 0.444. The van der Waals surface area contributed by atoms with Gasteiger partial charge in [0.25, 0.3) is 0 Å². The average molecular weight is 266 g/mol. The van der Waals surface area contributed by atoms with Crippen LogP contribution in [-0.2, 0) is 4.74 Å². The van der Waals surface area contributed by atoms with Gasteiger partial charge in [0.15, 0.2) is 0 Å². The van der Waals surface area contributed by atoms with Crippen LogP contribution in [0.5, 0.6) is 0 Å². The zero-order chi connectivity index (χ0) is 12.9.